The summed E-state index contributed by atoms with van der Waals surface area (Å²) >= 11 is 0. The summed E-state index contributed by atoms with van der Waals surface area (Å²) in [6, 6.07) is 0. The highest BCUT2D eigenvalue weighted by atomic mass is 127. The lowest BCUT2D eigenvalue weighted by Crippen LogP contribution is -3.00. The first-order chi connectivity index (χ1) is 5.48. The average Bonchev–Trinajstić information content (AvgIpc) is 1.85. The lowest BCUT2D eigenvalue weighted by Gasteiger charge is -2.28. The molecule has 0 N–H and O–H groups in total. The summed E-state index contributed by atoms with van der Waals surface area (Å²) in [6.07, 6.45) is 1.16. The molecule has 0 atom stereocenters. The molecule has 13 heavy (non-hydrogen) atoms. The van der Waals surface area contributed by atoms with Crippen molar-refractivity contribution in [3.63, 3.8) is 0 Å². The van der Waals surface area contributed by atoms with Gasteiger partial charge in [0.1, 0.15) is 13.2 Å². The molecule has 0 spiro atoms. The van der Waals surface area contributed by atoms with Crippen molar-refractivity contribution >= 4 is 5.97 Å². The second-order valence-electron chi connectivity index (χ2n) is 3.72. The molecule has 0 aliphatic heterocycles. The van der Waals surface area contributed by atoms with Crippen LogP contribution in [0, 0.1) is 0 Å². The average molecular weight is 301 g/mol. The minimum atomic E-state index is -0.188. The zero-order valence-corrected chi connectivity index (χ0v) is 11.1. The lowest BCUT2D eigenvalue weighted by atomic mass is 10.4. The van der Waals surface area contributed by atoms with Crippen LogP contribution in [0.3, 0.4) is 0 Å². The van der Waals surface area contributed by atoms with E-state index in [1.54, 1.807) is 0 Å². The molecule has 0 aromatic heterocycles. The molecule has 0 aromatic rings. The Bertz CT molecular complexity index is 149. The van der Waals surface area contributed by atoms with Gasteiger partial charge in [0.25, 0.3) is 0 Å². The second kappa shape index (κ2) is 7.55. The van der Waals surface area contributed by atoms with Crippen LogP contribution in [0.4, 0.5) is 0 Å². The van der Waals surface area contributed by atoms with Crippen molar-refractivity contribution in [2.24, 2.45) is 0 Å². The predicted octanol–water partition coefficient (Wildman–Crippen LogP) is -1.96. The molecule has 0 heterocycles. The topological polar surface area (TPSA) is 26.3 Å². The molecule has 0 aliphatic carbocycles. The Balaban J connectivity index is 0. The minimum absolute atomic E-state index is 0. The maximum absolute atomic E-state index is 10.5. The smallest absolute Gasteiger partial charge is 0.302 e. The van der Waals surface area contributed by atoms with Crippen LogP contribution in [0.15, 0.2) is 0 Å². The molecule has 0 saturated carbocycles. The number of hydrogen-bond acceptors (Lipinski definition) is 2. The first kappa shape index (κ1) is 15.6. The van der Waals surface area contributed by atoms with Crippen molar-refractivity contribution in [1.29, 1.82) is 0 Å². The molecule has 4 heteroatoms. The molecule has 0 amide bonds. The van der Waals surface area contributed by atoms with Gasteiger partial charge in [-0.15, -0.1) is 0 Å². The first-order valence-electron chi connectivity index (χ1n) is 4.43. The molecule has 0 radical (unpaired) electrons. The molecule has 0 saturated heterocycles. The van der Waals surface area contributed by atoms with E-state index < -0.39 is 0 Å². The van der Waals surface area contributed by atoms with Crippen molar-refractivity contribution < 1.29 is 38.0 Å². The number of rotatable bonds is 5. The zero-order chi connectivity index (χ0) is 9.61. The molecular weight excluding hydrogens is 281 g/mol. The van der Waals surface area contributed by atoms with E-state index in [1.165, 1.54) is 6.92 Å². The fourth-order valence-corrected chi connectivity index (χ4v) is 1.15. The predicted molar refractivity (Wildman–Crippen MR) is 48.8 cm³/mol. The maximum atomic E-state index is 10.5. The molecule has 0 rings (SSSR count). The fraction of sp³-hybridized carbons (Fsp3) is 0.889. The number of carbonyl (C=O) groups is 1. The van der Waals surface area contributed by atoms with E-state index in [-0.39, 0.29) is 29.9 Å². The van der Waals surface area contributed by atoms with Crippen LogP contribution in [-0.4, -0.2) is 44.2 Å². The van der Waals surface area contributed by atoms with Gasteiger partial charge in [-0.1, -0.05) is 6.92 Å². The van der Waals surface area contributed by atoms with Crippen LogP contribution in [0.25, 0.3) is 0 Å². The Morgan fingerprint density at radius 3 is 2.23 bits per heavy atom. The molecule has 0 aliphatic rings. The number of esters is 1. The summed E-state index contributed by atoms with van der Waals surface area (Å²) < 4.78 is 5.79. The van der Waals surface area contributed by atoms with E-state index in [2.05, 4.69) is 21.0 Å². The fourth-order valence-electron chi connectivity index (χ4n) is 1.15. The number of nitrogens with zero attached hydrogens (tertiary/aromatic N) is 1. The monoisotopic (exact) mass is 301 g/mol. The van der Waals surface area contributed by atoms with E-state index in [1.807, 2.05) is 0 Å². The van der Waals surface area contributed by atoms with Crippen LogP contribution >= 0.6 is 0 Å². The van der Waals surface area contributed by atoms with Crippen molar-refractivity contribution in [1.82, 2.24) is 0 Å². The molecule has 0 bridgehead atoms. The van der Waals surface area contributed by atoms with Gasteiger partial charge in [0, 0.05) is 6.92 Å². The van der Waals surface area contributed by atoms with Crippen molar-refractivity contribution in [2.45, 2.75) is 20.3 Å². The van der Waals surface area contributed by atoms with E-state index in [4.69, 9.17) is 4.74 Å². The van der Waals surface area contributed by atoms with Crippen molar-refractivity contribution in [3.05, 3.63) is 0 Å². The van der Waals surface area contributed by atoms with Gasteiger partial charge in [0.2, 0.25) is 0 Å². The number of likely N-dealkylation sites (N-methyl/N-ethyl adjacent to an activating group) is 1. The number of ether oxygens (including phenoxy) is 1. The summed E-state index contributed by atoms with van der Waals surface area (Å²) in [5.41, 5.74) is 0. The van der Waals surface area contributed by atoms with Crippen LogP contribution in [0.5, 0.6) is 0 Å². The molecular formula is C9H20INO2. The Hall–Kier alpha value is 0.160. The maximum Gasteiger partial charge on any atom is 0.302 e. The third-order valence-corrected chi connectivity index (χ3v) is 1.83. The third-order valence-electron chi connectivity index (χ3n) is 1.83. The number of halogens is 1. The van der Waals surface area contributed by atoms with E-state index >= 15 is 0 Å². The normalized spacial score (nSPS) is 10.5. The van der Waals surface area contributed by atoms with E-state index in [0.29, 0.717) is 6.61 Å². The second-order valence-corrected chi connectivity index (χ2v) is 3.72. The van der Waals surface area contributed by atoms with Crippen LogP contribution in [0.1, 0.15) is 20.3 Å². The Morgan fingerprint density at radius 1 is 1.31 bits per heavy atom. The SMILES string of the molecule is CCC[N+](C)(C)CCOC(C)=O.[I-]. The van der Waals surface area contributed by atoms with Crippen LogP contribution < -0.4 is 24.0 Å². The van der Waals surface area contributed by atoms with Crippen molar-refractivity contribution in [2.75, 3.05) is 33.8 Å². The van der Waals surface area contributed by atoms with Gasteiger partial charge in [-0.25, -0.2) is 0 Å². The van der Waals surface area contributed by atoms with Gasteiger partial charge in [-0.05, 0) is 6.42 Å². The van der Waals surface area contributed by atoms with Crippen molar-refractivity contribution in [3.8, 4) is 0 Å². The molecule has 0 fully saturated rings. The third kappa shape index (κ3) is 10.1. The summed E-state index contributed by atoms with van der Waals surface area (Å²) in [5.74, 6) is -0.188. The molecule has 0 unspecified atom stereocenters. The van der Waals surface area contributed by atoms with Gasteiger partial charge in [-0.3, -0.25) is 4.79 Å². The zero-order valence-electron chi connectivity index (χ0n) is 8.97. The summed E-state index contributed by atoms with van der Waals surface area (Å²) in [6.45, 7) is 6.16. The van der Waals surface area contributed by atoms with E-state index in [0.717, 1.165) is 24.0 Å². The first-order valence-corrected chi connectivity index (χ1v) is 4.43. The summed E-state index contributed by atoms with van der Waals surface area (Å²) in [7, 11) is 4.29. The van der Waals surface area contributed by atoms with Gasteiger partial charge in [0.15, 0.2) is 0 Å². The Labute approximate surface area is 98.0 Å². The van der Waals surface area contributed by atoms with Gasteiger partial charge in [-0.2, -0.15) is 0 Å². The molecule has 0 aromatic carbocycles. The Morgan fingerprint density at radius 2 is 1.85 bits per heavy atom. The number of hydrogen-bond donors (Lipinski definition) is 0. The van der Waals surface area contributed by atoms with Crippen LogP contribution in [0.2, 0.25) is 0 Å². The minimum Gasteiger partial charge on any atom is -1.00 e. The number of quaternary nitrogens is 1. The highest BCUT2D eigenvalue weighted by molar-refractivity contribution is 5.65. The standard InChI is InChI=1S/C9H20NO2.HI/c1-5-6-10(3,4)7-8-12-9(2)11;/h5-8H2,1-4H3;1H/q+1;/p-1. The summed E-state index contributed by atoms with van der Waals surface area (Å²) in [5, 5.41) is 0. The lowest BCUT2D eigenvalue weighted by molar-refractivity contribution is -0.890. The van der Waals surface area contributed by atoms with E-state index in [9.17, 15) is 4.79 Å². The molecule has 3 nitrogen and oxygen atoms in total. The highest BCUT2D eigenvalue weighted by Gasteiger charge is 2.13. The summed E-state index contributed by atoms with van der Waals surface area (Å²) in [4.78, 5) is 10.5. The number of carbonyl (C=O) groups excluding carboxylic acids is 1. The largest absolute Gasteiger partial charge is 1.00 e. The van der Waals surface area contributed by atoms with Gasteiger partial charge < -0.3 is 33.2 Å². The quantitative estimate of drug-likeness (QED) is 0.335. The molecule has 80 valence electrons. The highest BCUT2D eigenvalue weighted by Crippen LogP contribution is 1.98. The van der Waals surface area contributed by atoms with Gasteiger partial charge in [0.05, 0.1) is 20.6 Å². The van der Waals surface area contributed by atoms with Crippen LogP contribution in [-0.2, 0) is 9.53 Å². The van der Waals surface area contributed by atoms with Gasteiger partial charge >= 0.3 is 5.97 Å². The Kier molecular flexibility index (Phi) is 9.08.